The molecule has 1 unspecified atom stereocenters. The fourth-order valence-electron chi connectivity index (χ4n) is 2.44. The van der Waals surface area contributed by atoms with Crippen molar-refractivity contribution in [2.45, 2.75) is 39.2 Å². The van der Waals surface area contributed by atoms with E-state index in [-0.39, 0.29) is 24.2 Å². The normalized spacial score (nSPS) is 17.9. The average Bonchev–Trinajstić information content (AvgIpc) is 2.36. The van der Waals surface area contributed by atoms with Crippen molar-refractivity contribution in [3.63, 3.8) is 0 Å². The molecule has 1 aliphatic rings. The predicted octanol–water partition coefficient (Wildman–Crippen LogP) is 1.68. The number of rotatable bonds is 6. The zero-order valence-electron chi connectivity index (χ0n) is 11.8. The van der Waals surface area contributed by atoms with Gasteiger partial charge < -0.3 is 15.0 Å². The molecule has 1 N–H and O–H groups in total. The highest BCUT2D eigenvalue weighted by Gasteiger charge is 2.27. The molecule has 0 aromatic rings. The van der Waals surface area contributed by atoms with E-state index in [2.05, 4.69) is 17.1 Å². The number of ether oxygens (including phenoxy) is 1. The van der Waals surface area contributed by atoms with Gasteiger partial charge in [-0.2, -0.15) is 0 Å². The van der Waals surface area contributed by atoms with Gasteiger partial charge in [0.25, 0.3) is 0 Å². The number of nitrogens with one attached hydrogen (secondary N) is 1. The van der Waals surface area contributed by atoms with Crippen molar-refractivity contribution < 1.29 is 9.53 Å². The van der Waals surface area contributed by atoms with Crippen molar-refractivity contribution in [1.29, 1.82) is 0 Å². The van der Waals surface area contributed by atoms with Crippen LogP contribution in [0.3, 0.4) is 0 Å². The summed E-state index contributed by atoms with van der Waals surface area (Å²) in [6.07, 6.45) is 3.17. The summed E-state index contributed by atoms with van der Waals surface area (Å²) in [5.41, 5.74) is 0. The van der Waals surface area contributed by atoms with E-state index in [0.717, 1.165) is 38.9 Å². The molecule has 1 rings (SSSR count). The van der Waals surface area contributed by atoms with E-state index in [1.165, 1.54) is 0 Å². The molecular formula is C13H27ClN2O2. The van der Waals surface area contributed by atoms with Gasteiger partial charge in [-0.05, 0) is 32.4 Å². The Kier molecular flexibility index (Phi) is 9.42. The topological polar surface area (TPSA) is 41.6 Å². The molecule has 108 valence electrons. The molecule has 1 saturated heterocycles. The van der Waals surface area contributed by atoms with Crippen molar-refractivity contribution in [2.75, 3.05) is 33.4 Å². The Labute approximate surface area is 117 Å². The van der Waals surface area contributed by atoms with Gasteiger partial charge in [-0.1, -0.05) is 13.8 Å². The van der Waals surface area contributed by atoms with Gasteiger partial charge >= 0.3 is 0 Å². The maximum absolute atomic E-state index is 12.3. The molecule has 1 heterocycles. The number of hydrogen-bond acceptors (Lipinski definition) is 3. The standard InChI is InChI=1S/C13H26N2O2.ClH/c1-4-9-15(12-5-7-14-8-6-12)13(16)11(2)10-17-3;/h11-12,14H,4-10H2,1-3H3;1H. The van der Waals surface area contributed by atoms with E-state index in [0.29, 0.717) is 12.6 Å². The van der Waals surface area contributed by atoms with E-state index in [1.807, 2.05) is 6.92 Å². The molecule has 1 fully saturated rings. The maximum Gasteiger partial charge on any atom is 0.227 e. The van der Waals surface area contributed by atoms with Gasteiger partial charge in [0.05, 0.1) is 12.5 Å². The molecule has 0 aliphatic carbocycles. The summed E-state index contributed by atoms with van der Waals surface area (Å²) in [7, 11) is 1.65. The van der Waals surface area contributed by atoms with Crippen LogP contribution in [0.1, 0.15) is 33.1 Å². The first-order valence-electron chi connectivity index (χ1n) is 6.70. The Hall–Kier alpha value is -0.320. The van der Waals surface area contributed by atoms with E-state index in [9.17, 15) is 4.79 Å². The third-order valence-corrected chi connectivity index (χ3v) is 3.34. The number of methoxy groups -OCH3 is 1. The molecule has 1 atom stereocenters. The molecule has 0 aromatic heterocycles. The number of hydrogen-bond donors (Lipinski definition) is 1. The number of amides is 1. The highest BCUT2D eigenvalue weighted by molar-refractivity contribution is 5.85. The molecule has 0 spiro atoms. The number of piperidine rings is 1. The van der Waals surface area contributed by atoms with Gasteiger partial charge in [0.2, 0.25) is 5.91 Å². The lowest BCUT2D eigenvalue weighted by molar-refractivity contribution is -0.139. The van der Waals surface area contributed by atoms with Gasteiger partial charge in [0, 0.05) is 19.7 Å². The number of carbonyl (C=O) groups is 1. The van der Waals surface area contributed by atoms with Crippen LogP contribution >= 0.6 is 12.4 Å². The molecule has 1 amide bonds. The van der Waals surface area contributed by atoms with Crippen molar-refractivity contribution in [2.24, 2.45) is 5.92 Å². The van der Waals surface area contributed by atoms with Crippen LogP contribution in [0, 0.1) is 5.92 Å². The summed E-state index contributed by atoms with van der Waals surface area (Å²) in [6.45, 7) is 7.52. The molecule has 0 aromatic carbocycles. The summed E-state index contributed by atoms with van der Waals surface area (Å²) < 4.78 is 5.08. The van der Waals surface area contributed by atoms with Gasteiger partial charge in [0.1, 0.15) is 0 Å². The smallest absolute Gasteiger partial charge is 0.227 e. The third kappa shape index (κ3) is 5.12. The first kappa shape index (κ1) is 17.7. The second-order valence-electron chi connectivity index (χ2n) is 4.87. The molecule has 4 nitrogen and oxygen atoms in total. The minimum absolute atomic E-state index is 0. The Morgan fingerprint density at radius 3 is 2.56 bits per heavy atom. The lowest BCUT2D eigenvalue weighted by Crippen LogP contribution is -2.48. The van der Waals surface area contributed by atoms with Crippen molar-refractivity contribution in [1.82, 2.24) is 10.2 Å². The summed E-state index contributed by atoms with van der Waals surface area (Å²) in [5.74, 6) is 0.224. The molecule has 0 saturated carbocycles. The lowest BCUT2D eigenvalue weighted by atomic mass is 10.0. The van der Waals surface area contributed by atoms with Crippen LogP contribution in [0.2, 0.25) is 0 Å². The monoisotopic (exact) mass is 278 g/mol. The lowest BCUT2D eigenvalue weighted by Gasteiger charge is -2.36. The first-order valence-corrected chi connectivity index (χ1v) is 6.70. The Balaban J connectivity index is 0.00000289. The number of carbonyl (C=O) groups excluding carboxylic acids is 1. The third-order valence-electron chi connectivity index (χ3n) is 3.34. The van der Waals surface area contributed by atoms with Gasteiger partial charge in [-0.15, -0.1) is 12.4 Å². The highest BCUT2D eigenvalue weighted by atomic mass is 35.5. The van der Waals surface area contributed by atoms with Gasteiger partial charge in [-0.3, -0.25) is 4.79 Å². The van der Waals surface area contributed by atoms with Gasteiger partial charge in [-0.25, -0.2) is 0 Å². The van der Waals surface area contributed by atoms with Crippen LogP contribution < -0.4 is 5.32 Å². The highest BCUT2D eigenvalue weighted by Crippen LogP contribution is 2.16. The fraction of sp³-hybridized carbons (Fsp3) is 0.923. The predicted molar refractivity (Wildman–Crippen MR) is 76.2 cm³/mol. The quantitative estimate of drug-likeness (QED) is 0.804. The molecule has 0 bridgehead atoms. The largest absolute Gasteiger partial charge is 0.384 e. The molecule has 18 heavy (non-hydrogen) atoms. The number of halogens is 1. The summed E-state index contributed by atoms with van der Waals surface area (Å²) >= 11 is 0. The van der Waals surface area contributed by atoms with Crippen LogP contribution in [0.15, 0.2) is 0 Å². The Morgan fingerprint density at radius 1 is 1.44 bits per heavy atom. The second-order valence-corrected chi connectivity index (χ2v) is 4.87. The summed E-state index contributed by atoms with van der Waals surface area (Å²) in [6, 6.07) is 0.419. The van der Waals surface area contributed by atoms with E-state index < -0.39 is 0 Å². The summed E-state index contributed by atoms with van der Waals surface area (Å²) in [5, 5.41) is 3.34. The van der Waals surface area contributed by atoms with E-state index in [4.69, 9.17) is 4.74 Å². The van der Waals surface area contributed by atoms with Crippen LogP contribution in [0.25, 0.3) is 0 Å². The van der Waals surface area contributed by atoms with Crippen LogP contribution in [0.4, 0.5) is 0 Å². The van der Waals surface area contributed by atoms with E-state index in [1.54, 1.807) is 7.11 Å². The Morgan fingerprint density at radius 2 is 2.06 bits per heavy atom. The summed E-state index contributed by atoms with van der Waals surface area (Å²) in [4.78, 5) is 14.4. The average molecular weight is 279 g/mol. The zero-order valence-corrected chi connectivity index (χ0v) is 12.6. The zero-order chi connectivity index (χ0) is 12.7. The molecule has 1 aliphatic heterocycles. The van der Waals surface area contributed by atoms with Crippen molar-refractivity contribution >= 4 is 18.3 Å². The minimum atomic E-state index is -0.0264. The Bertz CT molecular complexity index is 233. The number of nitrogens with zero attached hydrogens (tertiary/aromatic N) is 1. The second kappa shape index (κ2) is 9.59. The molecule has 5 heteroatoms. The SMILES string of the molecule is CCCN(C(=O)C(C)COC)C1CCNCC1.Cl. The fourth-order valence-corrected chi connectivity index (χ4v) is 2.44. The van der Waals surface area contributed by atoms with Crippen LogP contribution in [-0.2, 0) is 9.53 Å². The minimum Gasteiger partial charge on any atom is -0.384 e. The molecule has 0 radical (unpaired) electrons. The van der Waals surface area contributed by atoms with Crippen molar-refractivity contribution in [3.8, 4) is 0 Å². The van der Waals surface area contributed by atoms with Gasteiger partial charge in [0.15, 0.2) is 0 Å². The van der Waals surface area contributed by atoms with Crippen LogP contribution in [0.5, 0.6) is 0 Å². The molecular weight excluding hydrogens is 252 g/mol. The van der Waals surface area contributed by atoms with Crippen LogP contribution in [-0.4, -0.2) is 50.2 Å². The first-order chi connectivity index (χ1) is 8.20. The van der Waals surface area contributed by atoms with Crippen molar-refractivity contribution in [3.05, 3.63) is 0 Å². The van der Waals surface area contributed by atoms with E-state index >= 15 is 0 Å². The maximum atomic E-state index is 12.3.